The Hall–Kier alpha value is -2.30. The van der Waals surface area contributed by atoms with E-state index in [0.29, 0.717) is 19.0 Å². The first-order valence-corrected chi connectivity index (χ1v) is 8.05. The topological polar surface area (TPSA) is 55.8 Å². The summed E-state index contributed by atoms with van der Waals surface area (Å²) in [6, 6.07) is 5.80. The Kier molecular flexibility index (Phi) is 8.02. The van der Waals surface area contributed by atoms with E-state index in [-0.39, 0.29) is 18.3 Å². The highest BCUT2D eigenvalue weighted by Crippen LogP contribution is 2.21. The molecule has 0 fully saturated rings. The van der Waals surface area contributed by atoms with Crippen LogP contribution in [0.2, 0.25) is 0 Å². The van der Waals surface area contributed by atoms with Crippen LogP contribution in [-0.4, -0.2) is 44.1 Å². The number of nitrogens with zero attached hydrogens (tertiary/aromatic N) is 1. The van der Waals surface area contributed by atoms with Crippen LogP contribution in [0.25, 0.3) is 6.08 Å². The highest BCUT2D eigenvalue weighted by atomic mass is 16.5. The number of rotatable bonds is 8. The van der Waals surface area contributed by atoms with E-state index in [1.54, 1.807) is 18.1 Å². The molecule has 24 heavy (non-hydrogen) atoms. The van der Waals surface area contributed by atoms with Crippen molar-refractivity contribution in [1.29, 1.82) is 0 Å². The molecule has 0 N–H and O–H groups in total. The summed E-state index contributed by atoms with van der Waals surface area (Å²) >= 11 is 0. The lowest BCUT2D eigenvalue weighted by Crippen LogP contribution is -2.34. The molecular formula is C19H27NO4. The molecule has 1 amide bonds. The van der Waals surface area contributed by atoms with Gasteiger partial charge in [0.15, 0.2) is 0 Å². The average Bonchev–Trinajstić information content (AvgIpc) is 2.55. The highest BCUT2D eigenvalue weighted by molar-refractivity contribution is 5.92. The smallest absolute Gasteiger partial charge is 0.307 e. The number of carbonyl (C=O) groups excluding carboxylic acids is 2. The zero-order valence-corrected chi connectivity index (χ0v) is 15.2. The molecule has 0 spiro atoms. The van der Waals surface area contributed by atoms with E-state index in [9.17, 15) is 9.59 Å². The first-order chi connectivity index (χ1) is 11.4. The fourth-order valence-electron chi connectivity index (χ4n) is 2.31. The fraction of sp³-hybridized carbons (Fsp3) is 0.474. The number of ether oxygens (including phenoxy) is 2. The Labute approximate surface area is 144 Å². The summed E-state index contributed by atoms with van der Waals surface area (Å²) in [5, 5.41) is 0. The van der Waals surface area contributed by atoms with Gasteiger partial charge >= 0.3 is 5.97 Å². The van der Waals surface area contributed by atoms with Crippen LogP contribution < -0.4 is 4.74 Å². The summed E-state index contributed by atoms with van der Waals surface area (Å²) in [6.07, 6.45) is 3.47. The van der Waals surface area contributed by atoms with Gasteiger partial charge in [0.25, 0.3) is 0 Å². The maximum Gasteiger partial charge on any atom is 0.307 e. The van der Waals surface area contributed by atoms with E-state index in [0.717, 1.165) is 16.9 Å². The Balaban J connectivity index is 2.86. The van der Waals surface area contributed by atoms with Gasteiger partial charge in [0.1, 0.15) is 5.75 Å². The SMILES string of the molecule is COC(=O)CCN(CC(C)C)C(=O)/C=C/c1cc(C)ccc1OC. The quantitative estimate of drug-likeness (QED) is 0.542. The first kappa shape index (κ1) is 19.7. The van der Waals surface area contributed by atoms with Crippen molar-refractivity contribution >= 4 is 18.0 Å². The van der Waals surface area contributed by atoms with Crippen LogP contribution in [-0.2, 0) is 14.3 Å². The van der Waals surface area contributed by atoms with Gasteiger partial charge in [-0.2, -0.15) is 0 Å². The average molecular weight is 333 g/mol. The van der Waals surface area contributed by atoms with Crippen molar-refractivity contribution in [2.45, 2.75) is 27.2 Å². The van der Waals surface area contributed by atoms with Gasteiger partial charge in [0, 0.05) is 24.7 Å². The van der Waals surface area contributed by atoms with Crippen molar-refractivity contribution in [1.82, 2.24) is 4.90 Å². The Morgan fingerprint density at radius 2 is 1.96 bits per heavy atom. The second-order valence-corrected chi connectivity index (χ2v) is 6.08. The van der Waals surface area contributed by atoms with Crippen molar-refractivity contribution in [2.24, 2.45) is 5.92 Å². The molecule has 0 unspecified atom stereocenters. The van der Waals surface area contributed by atoms with Gasteiger partial charge in [-0.25, -0.2) is 0 Å². The van der Waals surface area contributed by atoms with Crippen LogP contribution in [0.1, 0.15) is 31.4 Å². The normalized spacial score (nSPS) is 10.9. The standard InChI is InChI=1S/C19H27NO4/c1-14(2)13-20(11-10-19(22)24-5)18(21)9-7-16-12-15(3)6-8-17(16)23-4/h6-9,12,14H,10-11,13H2,1-5H3/b9-7+. The molecular weight excluding hydrogens is 306 g/mol. The number of carbonyl (C=O) groups is 2. The van der Waals surface area contributed by atoms with Gasteiger partial charge < -0.3 is 14.4 Å². The Morgan fingerprint density at radius 3 is 2.54 bits per heavy atom. The Morgan fingerprint density at radius 1 is 1.25 bits per heavy atom. The minimum Gasteiger partial charge on any atom is -0.496 e. The summed E-state index contributed by atoms with van der Waals surface area (Å²) in [7, 11) is 2.95. The highest BCUT2D eigenvalue weighted by Gasteiger charge is 2.14. The van der Waals surface area contributed by atoms with Crippen LogP contribution in [0.3, 0.4) is 0 Å². The molecule has 0 saturated heterocycles. The maximum absolute atomic E-state index is 12.5. The molecule has 5 heteroatoms. The third-order valence-corrected chi connectivity index (χ3v) is 3.50. The van der Waals surface area contributed by atoms with Crippen molar-refractivity contribution in [2.75, 3.05) is 27.3 Å². The summed E-state index contributed by atoms with van der Waals surface area (Å²) in [5.41, 5.74) is 1.94. The third-order valence-electron chi connectivity index (χ3n) is 3.50. The molecule has 0 heterocycles. The van der Waals surface area contributed by atoms with Gasteiger partial charge in [0.05, 0.1) is 20.6 Å². The molecule has 0 aromatic heterocycles. The lowest BCUT2D eigenvalue weighted by Gasteiger charge is -2.22. The monoisotopic (exact) mass is 333 g/mol. The lowest BCUT2D eigenvalue weighted by molar-refractivity contribution is -0.141. The van der Waals surface area contributed by atoms with E-state index in [1.807, 2.05) is 39.0 Å². The summed E-state index contributed by atoms with van der Waals surface area (Å²) in [4.78, 5) is 25.5. The second kappa shape index (κ2) is 9.75. The largest absolute Gasteiger partial charge is 0.496 e. The van der Waals surface area contributed by atoms with E-state index in [2.05, 4.69) is 4.74 Å². The molecule has 1 aromatic rings. The fourth-order valence-corrected chi connectivity index (χ4v) is 2.31. The first-order valence-electron chi connectivity index (χ1n) is 8.05. The number of hydrogen-bond acceptors (Lipinski definition) is 4. The number of amides is 1. The molecule has 0 radical (unpaired) electrons. The minimum absolute atomic E-state index is 0.129. The molecule has 0 atom stereocenters. The number of methoxy groups -OCH3 is 2. The summed E-state index contributed by atoms with van der Waals surface area (Å²) < 4.78 is 9.96. The molecule has 1 aromatic carbocycles. The molecule has 5 nitrogen and oxygen atoms in total. The van der Waals surface area contributed by atoms with Crippen LogP contribution in [0.5, 0.6) is 5.75 Å². The van der Waals surface area contributed by atoms with E-state index >= 15 is 0 Å². The molecule has 0 aliphatic heterocycles. The van der Waals surface area contributed by atoms with Gasteiger partial charge in [-0.05, 0) is 31.1 Å². The Bertz CT molecular complexity index is 593. The number of benzene rings is 1. The van der Waals surface area contributed by atoms with E-state index in [4.69, 9.17) is 4.74 Å². The van der Waals surface area contributed by atoms with Crippen molar-refractivity contribution in [3.8, 4) is 5.75 Å². The minimum atomic E-state index is -0.319. The molecule has 1 rings (SSSR count). The molecule has 0 aliphatic rings. The van der Waals surface area contributed by atoms with Gasteiger partial charge in [-0.1, -0.05) is 25.5 Å². The van der Waals surface area contributed by atoms with E-state index < -0.39 is 0 Å². The van der Waals surface area contributed by atoms with Crippen LogP contribution in [0.15, 0.2) is 24.3 Å². The van der Waals surface area contributed by atoms with Gasteiger partial charge in [-0.15, -0.1) is 0 Å². The molecule has 0 aliphatic carbocycles. The molecule has 0 saturated carbocycles. The zero-order chi connectivity index (χ0) is 18.1. The zero-order valence-electron chi connectivity index (χ0n) is 15.2. The number of aryl methyl sites for hydroxylation is 1. The third kappa shape index (κ3) is 6.44. The van der Waals surface area contributed by atoms with Crippen LogP contribution in [0, 0.1) is 12.8 Å². The molecule has 0 bridgehead atoms. The van der Waals surface area contributed by atoms with Gasteiger partial charge in [0.2, 0.25) is 5.91 Å². The summed E-state index contributed by atoms with van der Waals surface area (Å²) in [5.74, 6) is 0.583. The molecule has 132 valence electrons. The maximum atomic E-state index is 12.5. The predicted octanol–water partition coefficient (Wildman–Crippen LogP) is 3.06. The number of esters is 1. The van der Waals surface area contributed by atoms with Crippen molar-refractivity contribution in [3.63, 3.8) is 0 Å². The second-order valence-electron chi connectivity index (χ2n) is 6.08. The van der Waals surface area contributed by atoms with Crippen LogP contribution in [0.4, 0.5) is 0 Å². The van der Waals surface area contributed by atoms with Gasteiger partial charge in [-0.3, -0.25) is 9.59 Å². The summed E-state index contributed by atoms with van der Waals surface area (Å²) in [6.45, 7) is 6.99. The van der Waals surface area contributed by atoms with Crippen molar-refractivity contribution < 1.29 is 19.1 Å². The van der Waals surface area contributed by atoms with Crippen LogP contribution >= 0.6 is 0 Å². The van der Waals surface area contributed by atoms with E-state index in [1.165, 1.54) is 13.2 Å². The lowest BCUT2D eigenvalue weighted by atomic mass is 10.1. The number of hydrogen-bond donors (Lipinski definition) is 0. The van der Waals surface area contributed by atoms with Crippen molar-refractivity contribution in [3.05, 3.63) is 35.4 Å². The predicted molar refractivity (Wildman–Crippen MR) is 94.8 cm³/mol.